The van der Waals surface area contributed by atoms with Gasteiger partial charge in [0.1, 0.15) is 5.82 Å². The lowest BCUT2D eigenvalue weighted by Gasteiger charge is -2.29. The lowest BCUT2D eigenvalue weighted by atomic mass is 10.0. The van der Waals surface area contributed by atoms with Crippen LogP contribution in [0.15, 0.2) is 41.3 Å². The highest BCUT2D eigenvalue weighted by Gasteiger charge is 2.27. The number of halogens is 1. The Labute approximate surface area is 172 Å². The van der Waals surface area contributed by atoms with Crippen molar-refractivity contribution < 1.29 is 12.8 Å². The highest BCUT2D eigenvalue weighted by molar-refractivity contribution is 7.89. The zero-order chi connectivity index (χ0) is 20.6. The second kappa shape index (κ2) is 8.05. The van der Waals surface area contributed by atoms with Gasteiger partial charge in [0.2, 0.25) is 10.0 Å². The molecular weight excluding hydrogens is 389 g/mol. The smallest absolute Gasteiger partial charge is 0.240 e. The summed E-state index contributed by atoms with van der Waals surface area (Å²) in [4.78, 5) is 4.72. The minimum atomic E-state index is -3.70. The molecule has 0 amide bonds. The van der Waals surface area contributed by atoms with Gasteiger partial charge in [0.15, 0.2) is 0 Å². The number of anilines is 1. The zero-order valence-corrected chi connectivity index (χ0v) is 17.8. The van der Waals surface area contributed by atoms with Crippen LogP contribution in [-0.2, 0) is 16.4 Å². The molecule has 2 heterocycles. The van der Waals surface area contributed by atoms with Crippen LogP contribution in [0, 0.1) is 12.7 Å². The molecule has 0 aliphatic carbocycles. The molecular formula is C22H28FN3O2S. The van der Waals surface area contributed by atoms with Crippen molar-refractivity contribution in [2.75, 3.05) is 38.1 Å². The lowest BCUT2D eigenvalue weighted by molar-refractivity contribution is 0.246. The van der Waals surface area contributed by atoms with Crippen molar-refractivity contribution in [3.8, 4) is 0 Å². The maximum Gasteiger partial charge on any atom is 0.240 e. The van der Waals surface area contributed by atoms with Gasteiger partial charge in [0, 0.05) is 31.9 Å². The molecule has 7 heteroatoms. The number of aryl methyl sites for hydroxylation is 1. The molecule has 156 valence electrons. The topological polar surface area (TPSA) is 52.7 Å². The van der Waals surface area contributed by atoms with Crippen molar-refractivity contribution in [2.45, 2.75) is 37.1 Å². The molecule has 2 aliphatic heterocycles. The Morgan fingerprint density at radius 2 is 1.86 bits per heavy atom. The number of hydrogen-bond donors (Lipinski definition) is 1. The van der Waals surface area contributed by atoms with Gasteiger partial charge in [-0.2, -0.15) is 0 Å². The van der Waals surface area contributed by atoms with E-state index in [4.69, 9.17) is 0 Å². The Balaban J connectivity index is 1.57. The number of fused-ring (bicyclic) bond motifs is 1. The van der Waals surface area contributed by atoms with Crippen LogP contribution in [0.25, 0.3) is 0 Å². The first-order valence-corrected chi connectivity index (χ1v) is 11.7. The molecule has 4 rings (SSSR count). The van der Waals surface area contributed by atoms with Crippen LogP contribution in [0.1, 0.15) is 35.6 Å². The standard InChI is InChI=1S/C22H28FN3O2S/c1-16-13-19(6-7-20(16)23)29(27,28)24-15-22(26-10-3-4-11-26)17-5-8-21-18(14-17)9-12-25(21)2/h5-8,13-14,22,24H,3-4,9-12,15H2,1-2H3/t22-/m1/s1. The maximum atomic E-state index is 13.5. The third-order valence-electron chi connectivity index (χ3n) is 6.10. The molecule has 1 fully saturated rings. The van der Waals surface area contributed by atoms with E-state index < -0.39 is 15.8 Å². The van der Waals surface area contributed by atoms with E-state index in [0.29, 0.717) is 12.1 Å². The number of sulfonamides is 1. The second-order valence-electron chi connectivity index (χ2n) is 8.08. The number of likely N-dealkylation sites (tertiary alicyclic amines) is 1. The van der Waals surface area contributed by atoms with E-state index in [1.54, 1.807) is 6.92 Å². The van der Waals surface area contributed by atoms with Crippen LogP contribution < -0.4 is 9.62 Å². The average Bonchev–Trinajstić information content (AvgIpc) is 3.34. The molecule has 2 aromatic rings. The Bertz CT molecular complexity index is 1000. The van der Waals surface area contributed by atoms with Crippen LogP contribution in [0.3, 0.4) is 0 Å². The summed E-state index contributed by atoms with van der Waals surface area (Å²) < 4.78 is 41.9. The summed E-state index contributed by atoms with van der Waals surface area (Å²) in [6, 6.07) is 10.4. The van der Waals surface area contributed by atoms with E-state index in [9.17, 15) is 12.8 Å². The number of benzene rings is 2. The molecule has 0 aromatic heterocycles. The fourth-order valence-electron chi connectivity index (χ4n) is 4.36. The molecule has 2 aliphatic rings. The maximum absolute atomic E-state index is 13.5. The van der Waals surface area contributed by atoms with Crippen LogP contribution in [-0.4, -0.2) is 46.5 Å². The monoisotopic (exact) mass is 417 g/mol. The van der Waals surface area contributed by atoms with Gasteiger partial charge in [-0.05, 0) is 80.2 Å². The number of rotatable bonds is 6. The predicted octanol–water partition coefficient (Wildman–Crippen LogP) is 3.24. The number of hydrogen-bond acceptors (Lipinski definition) is 4. The normalized spacial score (nSPS) is 18.2. The Hall–Kier alpha value is -1.96. The highest BCUT2D eigenvalue weighted by Crippen LogP contribution is 2.32. The van der Waals surface area contributed by atoms with Gasteiger partial charge in [-0.25, -0.2) is 17.5 Å². The van der Waals surface area contributed by atoms with E-state index in [0.717, 1.165) is 44.5 Å². The average molecular weight is 418 g/mol. The van der Waals surface area contributed by atoms with Gasteiger partial charge in [0.05, 0.1) is 4.90 Å². The number of nitrogens with zero attached hydrogens (tertiary/aromatic N) is 2. The SMILES string of the molecule is Cc1cc(S(=O)(=O)NC[C@H](c2ccc3c(c2)CCN3C)N2CCCC2)ccc1F. The number of likely N-dealkylation sites (N-methyl/N-ethyl adjacent to an activating group) is 1. The Morgan fingerprint density at radius 3 is 2.59 bits per heavy atom. The summed E-state index contributed by atoms with van der Waals surface area (Å²) in [5.74, 6) is -0.401. The van der Waals surface area contributed by atoms with Gasteiger partial charge in [-0.3, -0.25) is 4.90 Å². The first-order valence-electron chi connectivity index (χ1n) is 10.2. The van der Waals surface area contributed by atoms with E-state index >= 15 is 0 Å². The number of nitrogens with one attached hydrogen (secondary N) is 1. The van der Waals surface area contributed by atoms with Gasteiger partial charge < -0.3 is 4.90 Å². The summed E-state index contributed by atoms with van der Waals surface area (Å²) in [6.45, 7) is 4.83. The van der Waals surface area contributed by atoms with E-state index in [-0.39, 0.29) is 10.9 Å². The summed E-state index contributed by atoms with van der Waals surface area (Å²) >= 11 is 0. The minimum absolute atomic E-state index is 0.00923. The molecule has 0 bridgehead atoms. The molecule has 1 saturated heterocycles. The molecule has 5 nitrogen and oxygen atoms in total. The van der Waals surface area contributed by atoms with Crippen molar-refractivity contribution >= 4 is 15.7 Å². The van der Waals surface area contributed by atoms with E-state index in [1.165, 1.54) is 29.4 Å². The Kier molecular flexibility index (Phi) is 5.64. The third-order valence-corrected chi connectivity index (χ3v) is 7.53. The minimum Gasteiger partial charge on any atom is -0.374 e. The molecule has 0 radical (unpaired) electrons. The van der Waals surface area contributed by atoms with Gasteiger partial charge in [-0.15, -0.1) is 0 Å². The Morgan fingerprint density at radius 1 is 1.10 bits per heavy atom. The summed E-state index contributed by atoms with van der Waals surface area (Å²) in [7, 11) is -1.60. The van der Waals surface area contributed by atoms with Crippen molar-refractivity contribution in [1.29, 1.82) is 0 Å². The molecule has 1 N–H and O–H groups in total. The fourth-order valence-corrected chi connectivity index (χ4v) is 5.48. The van der Waals surface area contributed by atoms with Gasteiger partial charge >= 0.3 is 0 Å². The van der Waals surface area contributed by atoms with E-state index in [2.05, 4.69) is 39.8 Å². The van der Waals surface area contributed by atoms with Crippen LogP contribution in [0.2, 0.25) is 0 Å². The highest BCUT2D eigenvalue weighted by atomic mass is 32.2. The van der Waals surface area contributed by atoms with Crippen LogP contribution in [0.5, 0.6) is 0 Å². The first-order chi connectivity index (χ1) is 13.8. The summed E-state index contributed by atoms with van der Waals surface area (Å²) in [6.07, 6.45) is 3.29. The van der Waals surface area contributed by atoms with Gasteiger partial charge in [0.25, 0.3) is 0 Å². The van der Waals surface area contributed by atoms with E-state index in [1.807, 2.05) is 0 Å². The lowest BCUT2D eigenvalue weighted by Crippen LogP contribution is -2.36. The summed E-state index contributed by atoms with van der Waals surface area (Å²) in [5, 5.41) is 0. The van der Waals surface area contributed by atoms with Gasteiger partial charge in [-0.1, -0.05) is 12.1 Å². The molecule has 0 unspecified atom stereocenters. The molecule has 29 heavy (non-hydrogen) atoms. The van der Waals surface area contributed by atoms with Crippen molar-refractivity contribution in [1.82, 2.24) is 9.62 Å². The summed E-state index contributed by atoms with van der Waals surface area (Å²) in [5.41, 5.74) is 4.06. The molecule has 2 aromatic carbocycles. The van der Waals surface area contributed by atoms with Crippen molar-refractivity contribution in [2.24, 2.45) is 0 Å². The fraction of sp³-hybridized carbons (Fsp3) is 0.455. The van der Waals surface area contributed by atoms with Crippen LogP contribution >= 0.6 is 0 Å². The second-order valence-corrected chi connectivity index (χ2v) is 9.85. The first kappa shape index (κ1) is 20.3. The largest absolute Gasteiger partial charge is 0.374 e. The van der Waals surface area contributed by atoms with Crippen molar-refractivity contribution in [3.63, 3.8) is 0 Å². The third kappa shape index (κ3) is 4.17. The zero-order valence-electron chi connectivity index (χ0n) is 17.0. The quantitative estimate of drug-likeness (QED) is 0.784. The predicted molar refractivity (Wildman–Crippen MR) is 113 cm³/mol. The van der Waals surface area contributed by atoms with Crippen LogP contribution in [0.4, 0.5) is 10.1 Å². The molecule has 0 spiro atoms. The van der Waals surface area contributed by atoms with Crippen molar-refractivity contribution in [3.05, 3.63) is 58.9 Å². The molecule has 1 atom stereocenters. The molecule has 0 saturated carbocycles.